The third-order valence-corrected chi connectivity index (χ3v) is 2.69. The first kappa shape index (κ1) is 10.6. The molecule has 2 rings (SSSR count). The number of aryl methyl sites for hydroxylation is 1. The molecule has 0 amide bonds. The van der Waals surface area contributed by atoms with Crippen LogP contribution in [-0.2, 0) is 0 Å². The lowest BCUT2D eigenvalue weighted by Crippen LogP contribution is -2.15. The van der Waals surface area contributed by atoms with E-state index in [1.54, 1.807) is 18.7 Å². The summed E-state index contributed by atoms with van der Waals surface area (Å²) in [5.41, 5.74) is 1.90. The Hall–Kier alpha value is -1.90. The molecule has 3 heteroatoms. The van der Waals surface area contributed by atoms with Crippen LogP contribution in [0.25, 0.3) is 0 Å². The van der Waals surface area contributed by atoms with Crippen LogP contribution < -0.4 is 0 Å². The molecule has 2 aromatic rings. The maximum absolute atomic E-state index is 12.1. The van der Waals surface area contributed by atoms with Gasteiger partial charge in [-0.15, -0.1) is 0 Å². The van der Waals surface area contributed by atoms with E-state index in [0.717, 1.165) is 11.1 Å². The van der Waals surface area contributed by atoms with Crippen molar-refractivity contribution < 1.29 is 4.79 Å². The summed E-state index contributed by atoms with van der Waals surface area (Å²) in [6, 6.07) is 7.43. The number of benzene rings is 1. The molecule has 16 heavy (non-hydrogen) atoms. The quantitative estimate of drug-likeness (QED) is 0.736. The van der Waals surface area contributed by atoms with E-state index in [2.05, 4.69) is 4.98 Å². The first-order valence-electron chi connectivity index (χ1n) is 5.27. The monoisotopic (exact) mass is 214 g/mol. The minimum absolute atomic E-state index is 0.109. The zero-order valence-corrected chi connectivity index (χ0v) is 9.42. The Morgan fingerprint density at radius 2 is 2.00 bits per heavy atom. The maximum atomic E-state index is 12.1. The van der Waals surface area contributed by atoms with Crippen LogP contribution in [0.2, 0.25) is 0 Å². The Bertz CT molecular complexity index is 471. The number of hydrogen-bond donors (Lipinski definition) is 0. The molecule has 1 aromatic carbocycles. The Labute approximate surface area is 94.7 Å². The summed E-state index contributed by atoms with van der Waals surface area (Å²) in [6.07, 6.45) is 5.15. The van der Waals surface area contributed by atoms with Crippen molar-refractivity contribution >= 4 is 5.78 Å². The van der Waals surface area contributed by atoms with Gasteiger partial charge in [0.05, 0.1) is 12.4 Å². The van der Waals surface area contributed by atoms with E-state index in [0.29, 0.717) is 0 Å². The summed E-state index contributed by atoms with van der Waals surface area (Å²) >= 11 is 0. The molecule has 82 valence electrons. The average Bonchev–Trinajstić information content (AvgIpc) is 2.81. The van der Waals surface area contributed by atoms with Crippen LogP contribution in [0, 0.1) is 6.92 Å². The van der Waals surface area contributed by atoms with E-state index in [4.69, 9.17) is 0 Å². The van der Waals surface area contributed by atoms with Crippen molar-refractivity contribution in [3.8, 4) is 0 Å². The summed E-state index contributed by atoms with van der Waals surface area (Å²) < 4.78 is 1.81. The van der Waals surface area contributed by atoms with Gasteiger partial charge in [-0.2, -0.15) is 0 Å². The minimum Gasteiger partial charge on any atom is -0.327 e. The van der Waals surface area contributed by atoms with Crippen LogP contribution in [0.5, 0.6) is 0 Å². The first-order valence-corrected chi connectivity index (χ1v) is 5.27. The van der Waals surface area contributed by atoms with Gasteiger partial charge in [-0.1, -0.05) is 29.8 Å². The topological polar surface area (TPSA) is 34.9 Å². The molecule has 0 aliphatic carbocycles. The summed E-state index contributed by atoms with van der Waals surface area (Å²) in [5, 5.41) is 0. The van der Waals surface area contributed by atoms with E-state index in [1.807, 2.05) is 42.7 Å². The van der Waals surface area contributed by atoms with Gasteiger partial charge in [0.2, 0.25) is 0 Å². The molecule has 3 nitrogen and oxygen atoms in total. The molecule has 0 saturated carbocycles. The van der Waals surface area contributed by atoms with Gasteiger partial charge in [0.1, 0.15) is 0 Å². The van der Waals surface area contributed by atoms with Gasteiger partial charge in [0.15, 0.2) is 5.78 Å². The van der Waals surface area contributed by atoms with Gasteiger partial charge in [-0.05, 0) is 13.8 Å². The molecule has 0 aliphatic heterocycles. The zero-order chi connectivity index (χ0) is 11.5. The average molecular weight is 214 g/mol. The lowest BCUT2D eigenvalue weighted by molar-refractivity contribution is 0.0935. The largest absolute Gasteiger partial charge is 0.327 e. The predicted octanol–water partition coefficient (Wildman–Crippen LogP) is 2.64. The van der Waals surface area contributed by atoms with E-state index < -0.39 is 0 Å². The Morgan fingerprint density at radius 1 is 1.31 bits per heavy atom. The van der Waals surface area contributed by atoms with Crippen molar-refractivity contribution in [3.63, 3.8) is 0 Å². The Kier molecular flexibility index (Phi) is 2.86. The zero-order valence-electron chi connectivity index (χ0n) is 9.42. The lowest BCUT2D eigenvalue weighted by atomic mass is 10.0. The van der Waals surface area contributed by atoms with E-state index in [-0.39, 0.29) is 11.8 Å². The number of carbonyl (C=O) groups is 1. The highest BCUT2D eigenvalue weighted by Crippen LogP contribution is 2.14. The number of hydrogen-bond acceptors (Lipinski definition) is 2. The van der Waals surface area contributed by atoms with Crippen molar-refractivity contribution in [2.24, 2.45) is 0 Å². The summed E-state index contributed by atoms with van der Waals surface area (Å²) in [4.78, 5) is 16.0. The molecule has 0 aliphatic rings. The number of nitrogens with zero attached hydrogens (tertiary/aromatic N) is 2. The van der Waals surface area contributed by atoms with Crippen molar-refractivity contribution in [1.82, 2.24) is 9.55 Å². The minimum atomic E-state index is -0.204. The second kappa shape index (κ2) is 4.31. The van der Waals surface area contributed by atoms with Gasteiger partial charge in [-0.3, -0.25) is 4.79 Å². The summed E-state index contributed by atoms with van der Waals surface area (Å²) in [6.45, 7) is 3.89. The lowest BCUT2D eigenvalue weighted by Gasteiger charge is -2.11. The van der Waals surface area contributed by atoms with Gasteiger partial charge in [0, 0.05) is 18.0 Å². The highest BCUT2D eigenvalue weighted by Gasteiger charge is 2.15. The molecule has 0 fully saturated rings. The van der Waals surface area contributed by atoms with Gasteiger partial charge in [-0.25, -0.2) is 4.98 Å². The number of imidazole rings is 1. The van der Waals surface area contributed by atoms with Crippen molar-refractivity contribution in [2.75, 3.05) is 0 Å². The van der Waals surface area contributed by atoms with Crippen LogP contribution in [0.3, 0.4) is 0 Å². The number of ketones is 1. The second-order valence-electron chi connectivity index (χ2n) is 3.92. The molecule has 0 radical (unpaired) electrons. The van der Waals surface area contributed by atoms with Crippen LogP contribution >= 0.6 is 0 Å². The predicted molar refractivity (Wildman–Crippen MR) is 62.4 cm³/mol. The summed E-state index contributed by atoms with van der Waals surface area (Å²) in [7, 11) is 0. The number of aromatic nitrogens is 2. The molecular weight excluding hydrogens is 200 g/mol. The molecular formula is C13H14N2O. The van der Waals surface area contributed by atoms with Crippen LogP contribution in [0.4, 0.5) is 0 Å². The molecule has 0 bridgehead atoms. The molecule has 1 unspecified atom stereocenters. The maximum Gasteiger partial charge on any atom is 0.185 e. The fourth-order valence-corrected chi connectivity index (χ4v) is 1.59. The smallest absolute Gasteiger partial charge is 0.185 e. The fraction of sp³-hybridized carbons (Fsp3) is 0.231. The standard InChI is InChI=1S/C13H14N2O/c1-10-3-5-12(6-4-10)13(16)11(2)15-8-7-14-9-15/h3-9,11H,1-2H3. The SMILES string of the molecule is Cc1ccc(C(=O)C(C)n2ccnc2)cc1. The van der Waals surface area contributed by atoms with E-state index in [1.165, 1.54) is 0 Å². The van der Waals surface area contributed by atoms with Gasteiger partial charge in [0.25, 0.3) is 0 Å². The number of rotatable bonds is 3. The van der Waals surface area contributed by atoms with Gasteiger partial charge < -0.3 is 4.57 Å². The van der Waals surface area contributed by atoms with Crippen molar-refractivity contribution in [3.05, 3.63) is 54.1 Å². The van der Waals surface area contributed by atoms with Crippen LogP contribution in [-0.4, -0.2) is 15.3 Å². The van der Waals surface area contributed by atoms with E-state index in [9.17, 15) is 4.79 Å². The molecule has 0 N–H and O–H groups in total. The van der Waals surface area contributed by atoms with Crippen molar-refractivity contribution in [2.45, 2.75) is 19.9 Å². The molecule has 1 aromatic heterocycles. The van der Waals surface area contributed by atoms with Crippen LogP contribution in [0.15, 0.2) is 43.0 Å². The number of Topliss-reactive ketones (excluding diaryl/α,β-unsaturated/α-hetero) is 1. The molecule has 0 saturated heterocycles. The number of carbonyl (C=O) groups excluding carboxylic acids is 1. The molecule has 1 atom stereocenters. The normalized spacial score (nSPS) is 12.4. The molecule has 1 heterocycles. The Balaban J connectivity index is 2.22. The second-order valence-corrected chi connectivity index (χ2v) is 3.92. The third-order valence-electron chi connectivity index (χ3n) is 2.69. The third kappa shape index (κ3) is 2.03. The van der Waals surface area contributed by atoms with Crippen molar-refractivity contribution in [1.29, 1.82) is 0 Å². The Morgan fingerprint density at radius 3 is 2.56 bits per heavy atom. The molecule has 0 spiro atoms. The van der Waals surface area contributed by atoms with E-state index >= 15 is 0 Å². The first-order chi connectivity index (χ1) is 7.68. The fourth-order valence-electron chi connectivity index (χ4n) is 1.59. The highest BCUT2D eigenvalue weighted by molar-refractivity contribution is 5.98. The van der Waals surface area contributed by atoms with Crippen LogP contribution in [0.1, 0.15) is 28.9 Å². The highest BCUT2D eigenvalue weighted by atomic mass is 16.1. The summed E-state index contributed by atoms with van der Waals surface area (Å²) in [5.74, 6) is 0.109. The van der Waals surface area contributed by atoms with Gasteiger partial charge >= 0.3 is 0 Å².